The van der Waals surface area contributed by atoms with Gasteiger partial charge in [-0.05, 0) is 117 Å². The van der Waals surface area contributed by atoms with E-state index in [-0.39, 0.29) is 0 Å². The van der Waals surface area contributed by atoms with Gasteiger partial charge in [-0.25, -0.2) is 0 Å². The van der Waals surface area contributed by atoms with E-state index < -0.39 is 0 Å². The van der Waals surface area contributed by atoms with Crippen molar-refractivity contribution in [2.45, 2.75) is 122 Å². The monoisotopic (exact) mass is 380 g/mol. The third-order valence-electron chi connectivity index (χ3n) is 9.35. The van der Waals surface area contributed by atoms with E-state index in [9.17, 15) is 0 Å². The van der Waals surface area contributed by atoms with Gasteiger partial charge in [-0.3, -0.25) is 0 Å². The molecule has 0 unspecified atom stereocenters. The first-order valence-corrected chi connectivity index (χ1v) is 12.8. The summed E-state index contributed by atoms with van der Waals surface area (Å²) in [5.74, 6) is 1.88. The molecular weight excluding hydrogens is 336 g/mol. The van der Waals surface area contributed by atoms with Gasteiger partial charge in [0.15, 0.2) is 0 Å². The van der Waals surface area contributed by atoms with Crippen LogP contribution in [0, 0.1) is 16.7 Å². The Labute approximate surface area is 174 Å². The fourth-order valence-corrected chi connectivity index (χ4v) is 7.38. The predicted octanol–water partition coefficient (Wildman–Crippen LogP) is 8.83. The summed E-state index contributed by atoms with van der Waals surface area (Å²) in [6, 6.07) is 9.77. The minimum atomic E-state index is 0.754. The van der Waals surface area contributed by atoms with Crippen LogP contribution in [0.15, 0.2) is 24.3 Å². The second kappa shape index (κ2) is 8.93. The van der Waals surface area contributed by atoms with E-state index in [2.05, 4.69) is 38.1 Å². The van der Waals surface area contributed by atoms with Gasteiger partial charge in [0.25, 0.3) is 0 Å². The molecule has 0 amide bonds. The van der Waals surface area contributed by atoms with Crippen LogP contribution in [0.5, 0.6) is 0 Å². The second-order valence-corrected chi connectivity index (χ2v) is 10.9. The van der Waals surface area contributed by atoms with Crippen LogP contribution in [0.1, 0.15) is 127 Å². The summed E-state index contributed by atoms with van der Waals surface area (Å²) in [6.07, 6.45) is 23.5. The molecule has 0 spiro atoms. The van der Waals surface area contributed by atoms with Crippen molar-refractivity contribution >= 4 is 0 Å². The molecule has 1 aromatic rings. The SMILES string of the molecule is CCCCCc1ccc(C2CCC(C34CCC(CCC)(CC3)CC4)CC2)cc1. The largest absolute Gasteiger partial charge is 0.0654 e. The normalized spacial score (nSPS) is 35.2. The van der Waals surface area contributed by atoms with Crippen molar-refractivity contribution in [2.24, 2.45) is 16.7 Å². The zero-order valence-electron chi connectivity index (χ0n) is 18.8. The van der Waals surface area contributed by atoms with E-state index in [0.29, 0.717) is 0 Å². The fourth-order valence-electron chi connectivity index (χ4n) is 7.38. The Kier molecular flexibility index (Phi) is 6.53. The third kappa shape index (κ3) is 4.22. The molecule has 0 heteroatoms. The van der Waals surface area contributed by atoms with Crippen LogP contribution in [0.2, 0.25) is 0 Å². The van der Waals surface area contributed by atoms with Crippen LogP contribution in [0.25, 0.3) is 0 Å². The third-order valence-corrected chi connectivity index (χ3v) is 9.35. The Morgan fingerprint density at radius 1 is 0.750 bits per heavy atom. The summed E-state index contributed by atoms with van der Waals surface area (Å²) in [5, 5.41) is 0. The van der Waals surface area contributed by atoms with Gasteiger partial charge in [-0.15, -0.1) is 0 Å². The lowest BCUT2D eigenvalue weighted by atomic mass is 9.47. The van der Waals surface area contributed by atoms with Crippen molar-refractivity contribution in [3.63, 3.8) is 0 Å². The summed E-state index contributed by atoms with van der Waals surface area (Å²) in [5.41, 5.74) is 4.70. The van der Waals surface area contributed by atoms with Gasteiger partial charge < -0.3 is 0 Å². The summed E-state index contributed by atoms with van der Waals surface area (Å²) in [6.45, 7) is 4.69. The minimum absolute atomic E-state index is 0.754. The maximum absolute atomic E-state index is 2.46. The Morgan fingerprint density at radius 3 is 1.96 bits per heavy atom. The number of unbranched alkanes of at least 4 members (excludes halogenated alkanes) is 2. The molecule has 4 fully saturated rings. The smallest absolute Gasteiger partial charge is 0.0162 e. The van der Waals surface area contributed by atoms with Crippen LogP contribution in [0.4, 0.5) is 0 Å². The number of benzene rings is 1. The predicted molar refractivity (Wildman–Crippen MR) is 122 cm³/mol. The molecule has 156 valence electrons. The molecule has 0 saturated heterocycles. The molecule has 0 atom stereocenters. The number of rotatable bonds is 8. The van der Waals surface area contributed by atoms with E-state index in [1.54, 1.807) is 49.7 Å². The summed E-state index contributed by atoms with van der Waals surface area (Å²) < 4.78 is 0. The first-order valence-electron chi connectivity index (χ1n) is 12.8. The highest BCUT2D eigenvalue weighted by atomic mass is 14.6. The topological polar surface area (TPSA) is 0 Å². The van der Waals surface area contributed by atoms with Crippen molar-refractivity contribution in [3.8, 4) is 0 Å². The first kappa shape index (κ1) is 20.5. The van der Waals surface area contributed by atoms with Crippen molar-refractivity contribution in [2.75, 3.05) is 0 Å². The molecule has 0 heterocycles. The average Bonchev–Trinajstić information content (AvgIpc) is 2.76. The number of hydrogen-bond donors (Lipinski definition) is 0. The lowest BCUT2D eigenvalue weighted by molar-refractivity contribution is -0.0624. The molecule has 0 aromatic heterocycles. The quantitative estimate of drug-likeness (QED) is 0.395. The highest BCUT2D eigenvalue weighted by Gasteiger charge is 2.51. The van der Waals surface area contributed by atoms with Gasteiger partial charge >= 0.3 is 0 Å². The molecule has 4 saturated carbocycles. The minimum Gasteiger partial charge on any atom is -0.0654 e. The highest BCUT2D eigenvalue weighted by molar-refractivity contribution is 5.26. The Morgan fingerprint density at radius 2 is 1.39 bits per heavy atom. The molecule has 5 rings (SSSR count). The van der Waals surface area contributed by atoms with E-state index in [1.165, 1.54) is 64.2 Å². The average molecular weight is 381 g/mol. The number of fused-ring (bicyclic) bond motifs is 3. The Hall–Kier alpha value is -0.780. The molecule has 28 heavy (non-hydrogen) atoms. The van der Waals surface area contributed by atoms with Gasteiger partial charge in [-0.1, -0.05) is 57.4 Å². The zero-order valence-corrected chi connectivity index (χ0v) is 18.8. The van der Waals surface area contributed by atoms with Crippen molar-refractivity contribution in [1.29, 1.82) is 0 Å². The van der Waals surface area contributed by atoms with Crippen LogP contribution in [-0.4, -0.2) is 0 Å². The van der Waals surface area contributed by atoms with Gasteiger partial charge in [0, 0.05) is 0 Å². The molecule has 1 aromatic carbocycles. The number of aryl methyl sites for hydroxylation is 1. The second-order valence-electron chi connectivity index (χ2n) is 10.9. The van der Waals surface area contributed by atoms with E-state index in [1.807, 2.05) is 0 Å². The Balaban J connectivity index is 1.29. The summed E-state index contributed by atoms with van der Waals surface area (Å²) in [7, 11) is 0. The van der Waals surface area contributed by atoms with Crippen molar-refractivity contribution < 1.29 is 0 Å². The zero-order chi connectivity index (χ0) is 19.5. The number of hydrogen-bond acceptors (Lipinski definition) is 0. The van der Waals surface area contributed by atoms with Crippen LogP contribution >= 0.6 is 0 Å². The molecule has 4 aliphatic carbocycles. The van der Waals surface area contributed by atoms with Crippen LogP contribution in [0.3, 0.4) is 0 Å². The lowest BCUT2D eigenvalue weighted by Gasteiger charge is -2.58. The van der Waals surface area contributed by atoms with E-state index in [4.69, 9.17) is 0 Å². The van der Waals surface area contributed by atoms with Gasteiger partial charge in [-0.2, -0.15) is 0 Å². The molecule has 0 N–H and O–H groups in total. The van der Waals surface area contributed by atoms with Crippen molar-refractivity contribution in [1.82, 2.24) is 0 Å². The first-order chi connectivity index (χ1) is 13.7. The highest BCUT2D eigenvalue weighted by Crippen LogP contribution is 2.63. The maximum atomic E-state index is 2.46. The van der Waals surface area contributed by atoms with Crippen LogP contribution < -0.4 is 0 Å². The maximum Gasteiger partial charge on any atom is -0.0162 e. The van der Waals surface area contributed by atoms with Gasteiger partial charge in [0.05, 0.1) is 0 Å². The lowest BCUT2D eigenvalue weighted by Crippen LogP contribution is -2.46. The molecule has 0 aliphatic heterocycles. The molecule has 0 radical (unpaired) electrons. The molecule has 0 nitrogen and oxygen atoms in total. The van der Waals surface area contributed by atoms with Gasteiger partial charge in [0.2, 0.25) is 0 Å². The summed E-state index contributed by atoms with van der Waals surface area (Å²) >= 11 is 0. The van der Waals surface area contributed by atoms with E-state index in [0.717, 1.165) is 22.7 Å². The van der Waals surface area contributed by atoms with Gasteiger partial charge in [0.1, 0.15) is 0 Å². The molecule has 2 bridgehead atoms. The molecule has 4 aliphatic rings. The van der Waals surface area contributed by atoms with E-state index >= 15 is 0 Å². The Bertz CT molecular complexity index is 577. The standard InChI is InChI=1S/C28H44/c1-3-5-6-7-23-8-10-24(11-9-23)25-12-14-26(15-13-25)28-20-17-27(16-4-2,18-21-28)19-22-28/h8-11,25-26H,3-7,12-22H2,1-2H3. The molecular formula is C28H44. The van der Waals surface area contributed by atoms with Crippen molar-refractivity contribution in [3.05, 3.63) is 35.4 Å². The fraction of sp³-hybridized carbons (Fsp3) is 0.786. The summed E-state index contributed by atoms with van der Waals surface area (Å²) in [4.78, 5) is 0. The van der Waals surface area contributed by atoms with Crippen LogP contribution in [-0.2, 0) is 6.42 Å².